The fourth-order valence-corrected chi connectivity index (χ4v) is 4.15. The topological polar surface area (TPSA) is 66.8 Å². The summed E-state index contributed by atoms with van der Waals surface area (Å²) in [6.07, 6.45) is 3.14. The van der Waals surface area contributed by atoms with Gasteiger partial charge in [0.25, 0.3) is 0 Å². The third-order valence-electron chi connectivity index (χ3n) is 4.53. The van der Waals surface area contributed by atoms with Crippen LogP contribution < -0.4 is 4.90 Å². The number of amides is 1. The van der Waals surface area contributed by atoms with Crippen molar-refractivity contribution >= 4 is 33.5 Å². The van der Waals surface area contributed by atoms with Gasteiger partial charge in [0.1, 0.15) is 11.5 Å². The Morgan fingerprint density at radius 1 is 1.43 bits per heavy atom. The zero-order chi connectivity index (χ0) is 14.8. The molecule has 6 heteroatoms. The molecule has 1 aromatic carbocycles. The molecule has 3 aliphatic rings. The van der Waals surface area contributed by atoms with Crippen molar-refractivity contribution in [3.8, 4) is 0 Å². The lowest BCUT2D eigenvalue weighted by Crippen LogP contribution is -2.39. The fraction of sp³-hybridized carbons (Fsp3) is 0.333. The summed E-state index contributed by atoms with van der Waals surface area (Å²) in [6, 6.07) is 7.42. The maximum atomic E-state index is 12.8. The molecule has 5 nitrogen and oxygen atoms in total. The molecule has 2 bridgehead atoms. The number of nitrogens with zero attached hydrogens (tertiary/aromatic N) is 1. The van der Waals surface area contributed by atoms with Crippen LogP contribution in [0.2, 0.25) is 0 Å². The second-order valence-electron chi connectivity index (χ2n) is 5.61. The highest BCUT2D eigenvalue weighted by atomic mass is 79.9. The van der Waals surface area contributed by atoms with Crippen molar-refractivity contribution in [2.75, 3.05) is 11.4 Å². The zero-order valence-corrected chi connectivity index (χ0v) is 12.5. The molecule has 0 aromatic heterocycles. The minimum atomic E-state index is -0.974. The smallest absolute Gasteiger partial charge is 0.310 e. The summed E-state index contributed by atoms with van der Waals surface area (Å²) in [5.74, 6) is -2.59. The molecular weight excluding hydrogens is 338 g/mol. The molecule has 108 valence electrons. The summed E-state index contributed by atoms with van der Waals surface area (Å²) in [5.41, 5.74) is -0.0454. The van der Waals surface area contributed by atoms with Gasteiger partial charge in [-0.15, -0.1) is 0 Å². The van der Waals surface area contributed by atoms with Gasteiger partial charge in [0.05, 0.1) is 24.3 Å². The van der Waals surface area contributed by atoms with Crippen molar-refractivity contribution in [3.05, 3.63) is 40.9 Å². The molecule has 1 spiro atoms. The minimum absolute atomic E-state index is 0.179. The average Bonchev–Trinajstić information content (AvgIpc) is 3.08. The van der Waals surface area contributed by atoms with E-state index in [1.54, 1.807) is 11.0 Å². The molecule has 0 unspecified atom stereocenters. The maximum absolute atomic E-state index is 12.8. The van der Waals surface area contributed by atoms with E-state index in [0.717, 1.165) is 10.2 Å². The van der Waals surface area contributed by atoms with Gasteiger partial charge in [-0.1, -0.05) is 24.3 Å². The van der Waals surface area contributed by atoms with Crippen molar-refractivity contribution in [1.82, 2.24) is 0 Å². The summed E-state index contributed by atoms with van der Waals surface area (Å²) in [7, 11) is 0. The fourth-order valence-electron chi connectivity index (χ4n) is 3.65. The van der Waals surface area contributed by atoms with Crippen LogP contribution in [0.15, 0.2) is 40.9 Å². The quantitative estimate of drug-likeness (QED) is 0.827. The van der Waals surface area contributed by atoms with E-state index in [2.05, 4.69) is 15.9 Å². The van der Waals surface area contributed by atoms with Crippen molar-refractivity contribution in [1.29, 1.82) is 0 Å². The number of hydrogen-bond donors (Lipinski definition) is 1. The van der Waals surface area contributed by atoms with Crippen LogP contribution in [0, 0.1) is 11.8 Å². The summed E-state index contributed by atoms with van der Waals surface area (Å²) < 4.78 is 6.66. The third kappa shape index (κ3) is 1.60. The third-order valence-corrected chi connectivity index (χ3v) is 5.20. The van der Waals surface area contributed by atoms with Crippen LogP contribution in [0.5, 0.6) is 0 Å². The van der Waals surface area contributed by atoms with Gasteiger partial charge >= 0.3 is 5.97 Å². The largest absolute Gasteiger partial charge is 0.481 e. The first-order valence-electron chi connectivity index (χ1n) is 6.69. The van der Waals surface area contributed by atoms with Crippen molar-refractivity contribution < 1.29 is 19.4 Å². The van der Waals surface area contributed by atoms with Gasteiger partial charge in [-0.2, -0.15) is 0 Å². The van der Waals surface area contributed by atoms with Gasteiger partial charge in [0.15, 0.2) is 0 Å². The van der Waals surface area contributed by atoms with Crippen LogP contribution >= 0.6 is 15.9 Å². The molecular formula is C15H12BrNO4. The van der Waals surface area contributed by atoms with Gasteiger partial charge in [-0.3, -0.25) is 9.59 Å². The summed E-state index contributed by atoms with van der Waals surface area (Å²) in [4.78, 5) is 25.9. The first-order chi connectivity index (χ1) is 10.0. The monoisotopic (exact) mass is 349 g/mol. The Kier molecular flexibility index (Phi) is 2.59. The van der Waals surface area contributed by atoms with Crippen LogP contribution in [0.3, 0.4) is 0 Å². The summed E-state index contributed by atoms with van der Waals surface area (Å²) in [5, 5.41) is 9.41. The molecule has 0 aliphatic carbocycles. The lowest BCUT2D eigenvalue weighted by molar-refractivity contribution is -0.146. The highest BCUT2D eigenvalue weighted by Gasteiger charge is 2.67. The number of benzene rings is 1. The normalized spacial score (nSPS) is 36.3. The van der Waals surface area contributed by atoms with Crippen molar-refractivity contribution in [2.24, 2.45) is 11.8 Å². The summed E-state index contributed by atoms with van der Waals surface area (Å²) >= 11 is 3.44. The van der Waals surface area contributed by atoms with Gasteiger partial charge in [-0.25, -0.2) is 0 Å². The van der Waals surface area contributed by atoms with E-state index in [-0.39, 0.29) is 5.91 Å². The standard InChI is InChI=1S/C15H12BrNO4/c16-8-3-1-2-4-9(8)17-7-15-6-5-10(21-15)11(14(19)20)12(15)13(17)18/h1-6,10-12H,7H2,(H,19,20)/t10-,11+,12-,15-/m1/s1. The van der Waals surface area contributed by atoms with E-state index < -0.39 is 29.5 Å². The Morgan fingerprint density at radius 3 is 2.90 bits per heavy atom. The maximum Gasteiger partial charge on any atom is 0.310 e. The Hall–Kier alpha value is -1.66. The Bertz CT molecular complexity index is 688. The van der Waals surface area contributed by atoms with Crippen LogP contribution in [0.4, 0.5) is 5.69 Å². The van der Waals surface area contributed by atoms with E-state index in [9.17, 15) is 14.7 Å². The number of anilines is 1. The Balaban J connectivity index is 1.78. The predicted molar refractivity (Wildman–Crippen MR) is 77.9 cm³/mol. The second-order valence-corrected chi connectivity index (χ2v) is 6.47. The minimum Gasteiger partial charge on any atom is -0.481 e. The first kappa shape index (κ1) is 13.0. The van der Waals surface area contributed by atoms with Gasteiger partial charge < -0.3 is 14.7 Å². The molecule has 21 heavy (non-hydrogen) atoms. The second kappa shape index (κ2) is 4.18. The number of hydrogen-bond acceptors (Lipinski definition) is 3. The number of carbonyl (C=O) groups is 2. The molecule has 0 radical (unpaired) electrons. The average molecular weight is 350 g/mol. The van der Waals surface area contributed by atoms with Crippen LogP contribution in [-0.4, -0.2) is 35.2 Å². The molecule has 0 saturated carbocycles. The van der Waals surface area contributed by atoms with Crippen LogP contribution in [0.1, 0.15) is 0 Å². The van der Waals surface area contributed by atoms with E-state index in [1.165, 1.54) is 0 Å². The number of carboxylic acids is 1. The van der Waals surface area contributed by atoms with E-state index in [0.29, 0.717) is 6.54 Å². The number of carbonyl (C=O) groups excluding carboxylic acids is 1. The molecule has 4 atom stereocenters. The zero-order valence-electron chi connectivity index (χ0n) is 10.9. The van der Waals surface area contributed by atoms with Gasteiger partial charge in [0.2, 0.25) is 5.91 Å². The molecule has 3 aliphatic heterocycles. The number of para-hydroxylation sites is 1. The highest BCUT2D eigenvalue weighted by Crippen LogP contribution is 2.53. The van der Waals surface area contributed by atoms with E-state index >= 15 is 0 Å². The molecule has 2 saturated heterocycles. The number of rotatable bonds is 2. The molecule has 4 rings (SSSR count). The summed E-state index contributed by atoms with van der Waals surface area (Å²) in [6.45, 7) is 0.357. The highest BCUT2D eigenvalue weighted by molar-refractivity contribution is 9.10. The molecule has 3 heterocycles. The predicted octanol–water partition coefficient (Wildman–Crippen LogP) is 1.82. The molecule has 1 amide bonds. The number of carboxylic acid groups (broad SMARTS) is 1. The lowest BCUT2D eigenvalue weighted by Gasteiger charge is -2.22. The molecule has 1 N–H and O–H groups in total. The SMILES string of the molecule is O=C(O)[C@H]1[C@H]2C=C[C@]3(CN(c4ccccc4Br)C(=O)[C@@H]13)O2. The first-order valence-corrected chi connectivity index (χ1v) is 7.49. The Labute approximate surface area is 129 Å². The lowest BCUT2D eigenvalue weighted by atomic mass is 9.77. The number of aliphatic carboxylic acids is 1. The van der Waals surface area contributed by atoms with E-state index in [1.807, 2.05) is 30.3 Å². The van der Waals surface area contributed by atoms with Gasteiger partial charge in [-0.05, 0) is 28.1 Å². The number of fused-ring (bicyclic) bond motifs is 1. The molecule has 1 aromatic rings. The van der Waals surface area contributed by atoms with Crippen molar-refractivity contribution in [3.63, 3.8) is 0 Å². The molecule has 2 fully saturated rings. The number of ether oxygens (including phenoxy) is 1. The van der Waals surface area contributed by atoms with Gasteiger partial charge in [0, 0.05) is 4.47 Å². The van der Waals surface area contributed by atoms with Crippen LogP contribution in [-0.2, 0) is 14.3 Å². The van der Waals surface area contributed by atoms with E-state index in [4.69, 9.17) is 4.74 Å². The Morgan fingerprint density at radius 2 is 2.19 bits per heavy atom. The van der Waals surface area contributed by atoms with Crippen LogP contribution in [0.25, 0.3) is 0 Å². The number of halogens is 1. The van der Waals surface area contributed by atoms with Crippen molar-refractivity contribution in [2.45, 2.75) is 11.7 Å².